The lowest BCUT2D eigenvalue weighted by Crippen LogP contribution is -2.24. The van der Waals surface area contributed by atoms with E-state index in [0.717, 1.165) is 24.2 Å². The van der Waals surface area contributed by atoms with Gasteiger partial charge in [0.1, 0.15) is 0 Å². The van der Waals surface area contributed by atoms with Gasteiger partial charge in [-0.1, -0.05) is 12.2 Å². The number of nitrogens with two attached hydrogens (primary N) is 1. The molecular weight excluding hydrogens is 186 g/mol. The molecule has 0 aromatic rings. The number of nitrogens with zero attached hydrogens (tertiary/aromatic N) is 1. The van der Waals surface area contributed by atoms with Crippen LogP contribution in [-0.4, -0.2) is 24.5 Å². The van der Waals surface area contributed by atoms with Gasteiger partial charge in [0, 0.05) is 12.2 Å². The summed E-state index contributed by atoms with van der Waals surface area (Å²) in [5.41, 5.74) is 6.15. The average Bonchev–Trinajstić information content (AvgIpc) is 2.70. The smallest absolute Gasteiger partial charge is 0.0263 e. The Kier molecular flexibility index (Phi) is 4.85. The maximum absolute atomic E-state index is 5.43. The molecule has 0 aliphatic carbocycles. The van der Waals surface area contributed by atoms with E-state index in [9.17, 15) is 0 Å². The lowest BCUT2D eigenvalue weighted by Gasteiger charge is -2.17. The maximum atomic E-state index is 5.43. The van der Waals surface area contributed by atoms with Crippen molar-refractivity contribution < 1.29 is 0 Å². The largest absolute Gasteiger partial charge is 0.328 e. The highest BCUT2D eigenvalue weighted by Crippen LogP contribution is 2.17. The van der Waals surface area contributed by atoms with Crippen LogP contribution in [0.3, 0.4) is 0 Å². The third-order valence-corrected chi connectivity index (χ3v) is 3.06. The van der Waals surface area contributed by atoms with Crippen LogP contribution in [0.1, 0.15) is 33.1 Å². The zero-order chi connectivity index (χ0) is 11.3. The Bertz CT molecular complexity index is 250. The van der Waals surface area contributed by atoms with Crippen LogP contribution in [-0.2, 0) is 0 Å². The van der Waals surface area contributed by atoms with E-state index in [1.54, 1.807) is 0 Å². The first-order valence-corrected chi connectivity index (χ1v) is 5.69. The fraction of sp³-hybridized carbons (Fsp3) is 0.667. The molecule has 3 heteroatoms. The Morgan fingerprint density at radius 1 is 1.33 bits per heavy atom. The van der Waals surface area contributed by atoms with Crippen LogP contribution in [0.5, 0.6) is 0 Å². The summed E-state index contributed by atoms with van der Waals surface area (Å²) >= 11 is 0. The summed E-state index contributed by atoms with van der Waals surface area (Å²) in [6, 6.07) is 0. The van der Waals surface area contributed by atoms with Crippen LogP contribution >= 0.6 is 0 Å². The topological polar surface area (TPSA) is 41.3 Å². The Labute approximate surface area is 93.0 Å². The van der Waals surface area contributed by atoms with Crippen molar-refractivity contribution in [2.75, 3.05) is 19.6 Å². The standard InChI is InChI=1S/C12H23N3/c1-10(2)12(11(3)14-13)6-9-15-7-4-5-8-15/h14H,1,4-9,13H2,2-3H3/b12-11-. The quantitative estimate of drug-likeness (QED) is 0.412. The first kappa shape index (κ1) is 12.3. The maximum Gasteiger partial charge on any atom is 0.0263 e. The van der Waals surface area contributed by atoms with Crippen LogP contribution in [0.4, 0.5) is 0 Å². The second-order valence-electron chi connectivity index (χ2n) is 4.33. The van der Waals surface area contributed by atoms with Gasteiger partial charge in [0.05, 0.1) is 0 Å². The highest BCUT2D eigenvalue weighted by molar-refractivity contribution is 5.30. The first-order chi connectivity index (χ1) is 7.15. The Balaban J connectivity index is 2.48. The van der Waals surface area contributed by atoms with Crippen molar-refractivity contribution >= 4 is 0 Å². The summed E-state index contributed by atoms with van der Waals surface area (Å²) < 4.78 is 0. The van der Waals surface area contributed by atoms with Gasteiger partial charge in [0.25, 0.3) is 0 Å². The molecule has 86 valence electrons. The number of nitrogens with one attached hydrogen (secondary N) is 1. The minimum absolute atomic E-state index is 1.04. The van der Waals surface area contributed by atoms with Crippen molar-refractivity contribution in [1.82, 2.24) is 10.3 Å². The molecule has 1 rings (SSSR count). The summed E-state index contributed by atoms with van der Waals surface area (Å²) in [6.07, 6.45) is 3.74. The number of hydrogen-bond donors (Lipinski definition) is 2. The monoisotopic (exact) mass is 209 g/mol. The van der Waals surface area contributed by atoms with Crippen molar-refractivity contribution in [3.8, 4) is 0 Å². The van der Waals surface area contributed by atoms with Gasteiger partial charge < -0.3 is 10.3 Å². The Morgan fingerprint density at radius 3 is 2.40 bits per heavy atom. The summed E-state index contributed by atoms with van der Waals surface area (Å²) in [5, 5.41) is 0. The number of likely N-dealkylation sites (tertiary alicyclic amines) is 1. The number of rotatable bonds is 5. The minimum atomic E-state index is 1.04. The van der Waals surface area contributed by atoms with Crippen molar-refractivity contribution in [1.29, 1.82) is 0 Å². The molecule has 0 unspecified atom stereocenters. The molecule has 1 fully saturated rings. The molecule has 1 aliphatic rings. The SMILES string of the molecule is C=C(C)/C(CCN1CCCC1)=C(/C)NN. The van der Waals surface area contributed by atoms with Crippen LogP contribution < -0.4 is 11.3 Å². The lowest BCUT2D eigenvalue weighted by molar-refractivity contribution is 0.343. The fourth-order valence-electron chi connectivity index (χ4n) is 2.08. The van der Waals surface area contributed by atoms with E-state index in [4.69, 9.17) is 5.84 Å². The van der Waals surface area contributed by atoms with Crippen molar-refractivity contribution in [2.24, 2.45) is 5.84 Å². The molecule has 0 amide bonds. The summed E-state index contributed by atoms with van der Waals surface area (Å²) in [4.78, 5) is 2.51. The molecule has 15 heavy (non-hydrogen) atoms. The molecular formula is C12H23N3. The van der Waals surface area contributed by atoms with Crippen molar-refractivity contribution in [3.63, 3.8) is 0 Å². The number of allylic oxidation sites excluding steroid dienone is 2. The fourth-order valence-corrected chi connectivity index (χ4v) is 2.08. The molecule has 3 N–H and O–H groups in total. The lowest BCUT2D eigenvalue weighted by atomic mass is 10.0. The Morgan fingerprint density at radius 2 is 1.93 bits per heavy atom. The average molecular weight is 209 g/mol. The highest BCUT2D eigenvalue weighted by atomic mass is 15.2. The van der Waals surface area contributed by atoms with Gasteiger partial charge in [0.2, 0.25) is 0 Å². The van der Waals surface area contributed by atoms with Gasteiger partial charge in [-0.05, 0) is 51.8 Å². The normalized spacial score (nSPS) is 18.9. The zero-order valence-corrected chi connectivity index (χ0v) is 9.97. The summed E-state index contributed by atoms with van der Waals surface area (Å²) in [7, 11) is 0. The third-order valence-electron chi connectivity index (χ3n) is 3.06. The van der Waals surface area contributed by atoms with Crippen LogP contribution in [0.25, 0.3) is 0 Å². The molecule has 0 spiro atoms. The van der Waals surface area contributed by atoms with E-state index >= 15 is 0 Å². The Hall–Kier alpha value is -0.800. The van der Waals surface area contributed by atoms with Crippen LogP contribution in [0.15, 0.2) is 23.4 Å². The molecule has 0 saturated carbocycles. The molecule has 0 aromatic carbocycles. The molecule has 1 saturated heterocycles. The molecule has 1 heterocycles. The van der Waals surface area contributed by atoms with Gasteiger partial charge in [0.15, 0.2) is 0 Å². The third kappa shape index (κ3) is 3.68. The molecule has 0 bridgehead atoms. The molecule has 0 aromatic heterocycles. The van der Waals surface area contributed by atoms with E-state index in [1.807, 2.05) is 13.8 Å². The van der Waals surface area contributed by atoms with E-state index in [0.29, 0.717) is 0 Å². The van der Waals surface area contributed by atoms with Crippen LogP contribution in [0, 0.1) is 0 Å². The minimum Gasteiger partial charge on any atom is -0.328 e. The van der Waals surface area contributed by atoms with Gasteiger partial charge in [-0.2, -0.15) is 0 Å². The molecule has 0 atom stereocenters. The van der Waals surface area contributed by atoms with Gasteiger partial charge in [-0.3, -0.25) is 5.84 Å². The second-order valence-corrected chi connectivity index (χ2v) is 4.33. The van der Waals surface area contributed by atoms with Crippen molar-refractivity contribution in [2.45, 2.75) is 33.1 Å². The predicted molar refractivity (Wildman–Crippen MR) is 65.1 cm³/mol. The molecule has 1 aliphatic heterocycles. The van der Waals surface area contributed by atoms with E-state index in [1.165, 1.54) is 31.5 Å². The van der Waals surface area contributed by atoms with E-state index < -0.39 is 0 Å². The molecule has 3 nitrogen and oxygen atoms in total. The van der Waals surface area contributed by atoms with E-state index in [2.05, 4.69) is 16.9 Å². The summed E-state index contributed by atoms with van der Waals surface area (Å²) in [5.74, 6) is 5.43. The first-order valence-electron chi connectivity index (χ1n) is 5.69. The zero-order valence-electron chi connectivity index (χ0n) is 9.97. The van der Waals surface area contributed by atoms with Gasteiger partial charge in [-0.25, -0.2) is 0 Å². The van der Waals surface area contributed by atoms with Gasteiger partial charge >= 0.3 is 0 Å². The predicted octanol–water partition coefficient (Wildman–Crippen LogP) is 1.79. The van der Waals surface area contributed by atoms with E-state index in [-0.39, 0.29) is 0 Å². The second kappa shape index (κ2) is 5.93. The van der Waals surface area contributed by atoms with Crippen molar-refractivity contribution in [3.05, 3.63) is 23.4 Å². The van der Waals surface area contributed by atoms with Crippen LogP contribution in [0.2, 0.25) is 0 Å². The number of hydrogen-bond acceptors (Lipinski definition) is 3. The number of hydrazine groups is 1. The highest BCUT2D eigenvalue weighted by Gasteiger charge is 2.12. The summed E-state index contributed by atoms with van der Waals surface area (Å²) in [6.45, 7) is 11.7. The van der Waals surface area contributed by atoms with Gasteiger partial charge in [-0.15, -0.1) is 0 Å². The molecule has 0 radical (unpaired) electrons.